The number of aromatic nitrogens is 3. The van der Waals surface area contributed by atoms with Crippen LogP contribution < -0.4 is 10.5 Å². The standard InChI is InChI=1S/C16H18N4O/c1-2-9-21-14-7-3-6-13-15(14)19-16(17)20(13)11-12-5-4-8-18-10-12/h3-8,10H,2,9,11H2,1H3,(H2,17,19). The number of nitrogens with two attached hydrogens (primary N) is 1. The van der Waals surface area contributed by atoms with Gasteiger partial charge in [0.2, 0.25) is 5.95 Å². The van der Waals surface area contributed by atoms with Crippen molar-refractivity contribution < 1.29 is 4.74 Å². The lowest BCUT2D eigenvalue weighted by Crippen LogP contribution is -2.04. The number of para-hydroxylation sites is 1. The molecule has 0 radical (unpaired) electrons. The van der Waals surface area contributed by atoms with E-state index >= 15 is 0 Å². The second-order valence-corrected chi connectivity index (χ2v) is 4.89. The van der Waals surface area contributed by atoms with E-state index in [0.717, 1.165) is 28.8 Å². The van der Waals surface area contributed by atoms with Gasteiger partial charge in [-0.25, -0.2) is 4.98 Å². The summed E-state index contributed by atoms with van der Waals surface area (Å²) in [5, 5.41) is 0. The van der Waals surface area contributed by atoms with E-state index < -0.39 is 0 Å². The summed E-state index contributed by atoms with van der Waals surface area (Å²) < 4.78 is 7.72. The average Bonchev–Trinajstić information content (AvgIpc) is 2.83. The van der Waals surface area contributed by atoms with Crippen LogP contribution in [0.5, 0.6) is 5.75 Å². The molecule has 0 aliphatic heterocycles. The Morgan fingerprint density at radius 3 is 2.90 bits per heavy atom. The predicted molar refractivity (Wildman–Crippen MR) is 83.3 cm³/mol. The van der Waals surface area contributed by atoms with Gasteiger partial charge >= 0.3 is 0 Å². The summed E-state index contributed by atoms with van der Waals surface area (Å²) in [5.74, 6) is 1.27. The van der Waals surface area contributed by atoms with E-state index in [-0.39, 0.29) is 0 Å². The first-order valence-corrected chi connectivity index (χ1v) is 7.06. The Hall–Kier alpha value is -2.56. The van der Waals surface area contributed by atoms with Crippen LogP contribution in [-0.4, -0.2) is 21.1 Å². The maximum Gasteiger partial charge on any atom is 0.201 e. The Labute approximate surface area is 123 Å². The molecule has 0 bridgehead atoms. The maximum atomic E-state index is 6.07. The van der Waals surface area contributed by atoms with Crippen molar-refractivity contribution >= 4 is 17.0 Å². The van der Waals surface area contributed by atoms with Crippen LogP contribution in [0.2, 0.25) is 0 Å². The molecule has 0 atom stereocenters. The van der Waals surface area contributed by atoms with Crippen molar-refractivity contribution in [3.05, 3.63) is 48.3 Å². The fraction of sp³-hybridized carbons (Fsp3) is 0.250. The van der Waals surface area contributed by atoms with E-state index in [2.05, 4.69) is 16.9 Å². The first-order chi connectivity index (χ1) is 10.3. The van der Waals surface area contributed by atoms with Crippen LogP contribution in [0.4, 0.5) is 5.95 Å². The summed E-state index contributed by atoms with van der Waals surface area (Å²) in [6.45, 7) is 3.40. The summed E-state index contributed by atoms with van der Waals surface area (Å²) in [4.78, 5) is 8.59. The van der Waals surface area contributed by atoms with E-state index in [0.29, 0.717) is 19.1 Å². The van der Waals surface area contributed by atoms with Crippen molar-refractivity contribution in [2.75, 3.05) is 12.3 Å². The monoisotopic (exact) mass is 282 g/mol. The van der Waals surface area contributed by atoms with Crippen LogP contribution in [0.15, 0.2) is 42.7 Å². The van der Waals surface area contributed by atoms with Crippen LogP contribution >= 0.6 is 0 Å². The Kier molecular flexibility index (Phi) is 3.73. The highest BCUT2D eigenvalue weighted by molar-refractivity contribution is 5.84. The molecular weight excluding hydrogens is 264 g/mol. The number of anilines is 1. The van der Waals surface area contributed by atoms with Crippen molar-refractivity contribution in [1.82, 2.24) is 14.5 Å². The summed E-state index contributed by atoms with van der Waals surface area (Å²) >= 11 is 0. The Morgan fingerprint density at radius 1 is 1.24 bits per heavy atom. The first kappa shape index (κ1) is 13.4. The molecule has 0 unspecified atom stereocenters. The molecule has 0 saturated carbocycles. The van der Waals surface area contributed by atoms with Crippen molar-refractivity contribution in [3.8, 4) is 5.75 Å². The van der Waals surface area contributed by atoms with Gasteiger partial charge in [0.1, 0.15) is 11.3 Å². The largest absolute Gasteiger partial charge is 0.491 e. The second-order valence-electron chi connectivity index (χ2n) is 4.89. The molecule has 108 valence electrons. The third kappa shape index (κ3) is 2.67. The lowest BCUT2D eigenvalue weighted by atomic mass is 10.2. The number of hydrogen-bond donors (Lipinski definition) is 1. The zero-order valence-electron chi connectivity index (χ0n) is 12.0. The molecule has 3 rings (SSSR count). The smallest absolute Gasteiger partial charge is 0.201 e. The number of imidazole rings is 1. The van der Waals surface area contributed by atoms with Gasteiger partial charge in [-0.15, -0.1) is 0 Å². The number of nitrogen functional groups attached to an aromatic ring is 1. The third-order valence-electron chi connectivity index (χ3n) is 3.30. The zero-order chi connectivity index (χ0) is 14.7. The van der Waals surface area contributed by atoms with Crippen LogP contribution in [0.1, 0.15) is 18.9 Å². The van der Waals surface area contributed by atoms with Gasteiger partial charge in [0.25, 0.3) is 0 Å². The predicted octanol–water partition coefficient (Wildman–Crippen LogP) is 2.85. The number of ether oxygens (including phenoxy) is 1. The van der Waals surface area contributed by atoms with Crippen molar-refractivity contribution in [2.45, 2.75) is 19.9 Å². The first-order valence-electron chi connectivity index (χ1n) is 7.06. The quantitative estimate of drug-likeness (QED) is 0.781. The lowest BCUT2D eigenvalue weighted by molar-refractivity contribution is 0.320. The van der Waals surface area contributed by atoms with Gasteiger partial charge in [0, 0.05) is 12.4 Å². The molecule has 5 nitrogen and oxygen atoms in total. The molecule has 2 aromatic heterocycles. The number of hydrogen-bond acceptors (Lipinski definition) is 4. The van der Waals surface area contributed by atoms with Gasteiger partial charge in [-0.2, -0.15) is 0 Å². The highest BCUT2D eigenvalue weighted by Crippen LogP contribution is 2.27. The highest BCUT2D eigenvalue weighted by Gasteiger charge is 2.12. The summed E-state index contributed by atoms with van der Waals surface area (Å²) in [5.41, 5.74) is 8.95. The normalized spacial score (nSPS) is 10.9. The van der Waals surface area contributed by atoms with Gasteiger partial charge in [0.15, 0.2) is 0 Å². The zero-order valence-corrected chi connectivity index (χ0v) is 12.0. The molecule has 0 spiro atoms. The minimum absolute atomic E-state index is 0.487. The van der Waals surface area contributed by atoms with Gasteiger partial charge in [-0.3, -0.25) is 4.98 Å². The van der Waals surface area contributed by atoms with Crippen LogP contribution in [0.3, 0.4) is 0 Å². The van der Waals surface area contributed by atoms with Crippen molar-refractivity contribution in [2.24, 2.45) is 0 Å². The van der Waals surface area contributed by atoms with Crippen LogP contribution in [0, 0.1) is 0 Å². The molecule has 2 heterocycles. The Morgan fingerprint density at radius 2 is 2.14 bits per heavy atom. The molecular formula is C16H18N4O. The Balaban J connectivity index is 2.01. The van der Waals surface area contributed by atoms with E-state index in [1.54, 1.807) is 6.20 Å². The molecule has 0 saturated heterocycles. The SMILES string of the molecule is CCCOc1cccc2c1nc(N)n2Cc1cccnc1. The minimum atomic E-state index is 0.487. The molecule has 0 aliphatic rings. The number of nitrogens with zero attached hydrogens (tertiary/aromatic N) is 3. The third-order valence-corrected chi connectivity index (χ3v) is 3.30. The molecule has 0 amide bonds. The average molecular weight is 282 g/mol. The van der Waals surface area contributed by atoms with E-state index in [1.165, 1.54) is 0 Å². The van der Waals surface area contributed by atoms with Gasteiger partial charge in [0.05, 0.1) is 18.7 Å². The van der Waals surface area contributed by atoms with E-state index in [4.69, 9.17) is 10.5 Å². The molecule has 0 aliphatic carbocycles. The fourth-order valence-corrected chi connectivity index (χ4v) is 2.31. The van der Waals surface area contributed by atoms with Crippen molar-refractivity contribution in [1.29, 1.82) is 0 Å². The van der Waals surface area contributed by atoms with Gasteiger partial charge in [-0.1, -0.05) is 19.1 Å². The molecule has 21 heavy (non-hydrogen) atoms. The summed E-state index contributed by atoms with van der Waals surface area (Å²) in [7, 11) is 0. The number of fused-ring (bicyclic) bond motifs is 1. The van der Waals surface area contributed by atoms with E-state index in [1.807, 2.05) is 41.1 Å². The molecule has 0 fully saturated rings. The van der Waals surface area contributed by atoms with Gasteiger partial charge < -0.3 is 15.0 Å². The van der Waals surface area contributed by atoms with E-state index in [9.17, 15) is 0 Å². The number of rotatable bonds is 5. The number of pyridine rings is 1. The minimum Gasteiger partial charge on any atom is -0.491 e. The highest BCUT2D eigenvalue weighted by atomic mass is 16.5. The van der Waals surface area contributed by atoms with Crippen LogP contribution in [0.25, 0.3) is 11.0 Å². The maximum absolute atomic E-state index is 6.07. The fourth-order valence-electron chi connectivity index (χ4n) is 2.31. The lowest BCUT2D eigenvalue weighted by Gasteiger charge is -2.07. The van der Waals surface area contributed by atoms with Crippen molar-refractivity contribution in [3.63, 3.8) is 0 Å². The Bertz CT molecular complexity index is 737. The summed E-state index contributed by atoms with van der Waals surface area (Å²) in [6, 6.07) is 9.84. The number of benzene rings is 1. The molecule has 3 aromatic rings. The summed E-state index contributed by atoms with van der Waals surface area (Å²) in [6.07, 6.45) is 4.56. The van der Waals surface area contributed by atoms with Gasteiger partial charge in [-0.05, 0) is 30.2 Å². The second kappa shape index (κ2) is 5.83. The molecule has 2 N–H and O–H groups in total. The molecule has 5 heteroatoms. The topological polar surface area (TPSA) is 66.0 Å². The van der Waals surface area contributed by atoms with Crippen LogP contribution in [-0.2, 0) is 6.54 Å². The molecule has 1 aromatic carbocycles.